The Morgan fingerprint density at radius 3 is 2.40 bits per heavy atom. The summed E-state index contributed by atoms with van der Waals surface area (Å²) >= 11 is 4.13. The molecule has 0 aliphatic rings. The van der Waals surface area contributed by atoms with Crippen molar-refractivity contribution < 1.29 is 0 Å². The first-order chi connectivity index (χ1) is 4.57. The highest BCUT2D eigenvalue weighted by Gasteiger charge is 2.01. The predicted molar refractivity (Wildman–Crippen MR) is 53.5 cm³/mol. The highest BCUT2D eigenvalue weighted by molar-refractivity contribution is 8.68. The molecule has 0 spiro atoms. The van der Waals surface area contributed by atoms with Crippen molar-refractivity contribution in [1.82, 2.24) is 4.90 Å². The quantitative estimate of drug-likeness (QED) is 0.521. The van der Waals surface area contributed by atoms with Gasteiger partial charge >= 0.3 is 0 Å². The van der Waals surface area contributed by atoms with Crippen LogP contribution in [0.25, 0.3) is 0 Å². The lowest BCUT2D eigenvalue weighted by Crippen LogP contribution is -2.05. The van der Waals surface area contributed by atoms with Gasteiger partial charge in [0.25, 0.3) is 0 Å². The Balaban J connectivity index is 3.91. The predicted octanol–water partition coefficient (Wildman–Crippen LogP) is 2.42. The third kappa shape index (κ3) is 4.12. The van der Waals surface area contributed by atoms with E-state index in [1.54, 1.807) is 10.8 Å². The van der Waals surface area contributed by atoms with E-state index in [1.807, 2.05) is 14.1 Å². The molecule has 60 valence electrons. The molecule has 10 heavy (non-hydrogen) atoms. The van der Waals surface area contributed by atoms with Gasteiger partial charge in [0.15, 0.2) is 0 Å². The van der Waals surface area contributed by atoms with Crippen LogP contribution in [0.4, 0.5) is 0 Å². The summed E-state index contributed by atoms with van der Waals surface area (Å²) in [6.45, 7) is 4.26. The molecule has 0 aliphatic carbocycles. The minimum atomic E-state index is 0.505. The molecule has 0 radical (unpaired) electrons. The summed E-state index contributed by atoms with van der Waals surface area (Å²) in [6.07, 6.45) is 2.12. The molecule has 0 aliphatic heterocycles. The monoisotopic (exact) mass is 177 g/mol. The van der Waals surface area contributed by atoms with Gasteiger partial charge in [0.2, 0.25) is 0 Å². The zero-order chi connectivity index (χ0) is 8.15. The molecule has 0 bridgehead atoms. The summed E-state index contributed by atoms with van der Waals surface area (Å²) in [5.41, 5.74) is 1.35. The van der Waals surface area contributed by atoms with Crippen LogP contribution in [0.1, 0.15) is 13.8 Å². The van der Waals surface area contributed by atoms with Gasteiger partial charge in [-0.15, -0.1) is 11.7 Å². The zero-order valence-electron chi connectivity index (χ0n) is 6.96. The summed E-state index contributed by atoms with van der Waals surface area (Å²) in [5.74, 6) is 0. The van der Waals surface area contributed by atoms with Crippen LogP contribution in [-0.2, 0) is 0 Å². The first-order valence-electron chi connectivity index (χ1n) is 3.23. The number of nitrogens with zero attached hydrogens (tertiary/aromatic N) is 1. The van der Waals surface area contributed by atoms with E-state index in [9.17, 15) is 0 Å². The van der Waals surface area contributed by atoms with Gasteiger partial charge < -0.3 is 4.90 Å². The molecular formula is C7H15NS2. The molecule has 1 nitrogen and oxygen atoms in total. The summed E-state index contributed by atoms with van der Waals surface area (Å²) in [4.78, 5) is 2.05. The maximum atomic E-state index is 4.13. The number of thiol groups is 1. The van der Waals surface area contributed by atoms with Crippen LogP contribution in [0.15, 0.2) is 11.8 Å². The Bertz CT molecular complexity index is 121. The molecule has 0 rings (SSSR count). The molecule has 0 fully saturated rings. The molecule has 0 aromatic carbocycles. The normalized spacial score (nSPS) is 15.1. The van der Waals surface area contributed by atoms with Gasteiger partial charge in [-0.3, -0.25) is 0 Å². The maximum Gasteiger partial charge on any atom is 0.0344 e. The standard InChI is InChI=1S/C7H15NS2/c1-6(5-8(3)4)7(2)10-9/h5,7,9H,1-4H3/b6-5+. The molecule has 3 heteroatoms. The van der Waals surface area contributed by atoms with E-state index in [2.05, 4.69) is 36.6 Å². The van der Waals surface area contributed by atoms with Gasteiger partial charge in [-0.1, -0.05) is 10.8 Å². The number of rotatable bonds is 3. The van der Waals surface area contributed by atoms with Crippen molar-refractivity contribution in [3.05, 3.63) is 11.8 Å². The highest BCUT2D eigenvalue weighted by Crippen LogP contribution is 2.21. The SMILES string of the molecule is C/C(=C\N(C)C)C(C)SS. The van der Waals surface area contributed by atoms with E-state index in [4.69, 9.17) is 0 Å². The van der Waals surface area contributed by atoms with Crippen LogP contribution in [0.3, 0.4) is 0 Å². The maximum absolute atomic E-state index is 4.13. The summed E-state index contributed by atoms with van der Waals surface area (Å²) in [5, 5.41) is 0.505. The van der Waals surface area contributed by atoms with Gasteiger partial charge in [-0.25, -0.2) is 0 Å². The molecule has 0 aromatic rings. The molecule has 1 unspecified atom stereocenters. The van der Waals surface area contributed by atoms with Crippen molar-refractivity contribution >= 4 is 22.5 Å². The molecule has 0 saturated heterocycles. The summed E-state index contributed by atoms with van der Waals surface area (Å²) in [7, 11) is 5.63. The summed E-state index contributed by atoms with van der Waals surface area (Å²) < 4.78 is 0. The van der Waals surface area contributed by atoms with Crippen molar-refractivity contribution in [1.29, 1.82) is 0 Å². The van der Waals surface area contributed by atoms with Gasteiger partial charge in [0, 0.05) is 19.3 Å². The Hall–Kier alpha value is 0.240. The fraction of sp³-hybridized carbons (Fsp3) is 0.714. The second-order valence-corrected chi connectivity index (χ2v) is 4.13. The van der Waals surface area contributed by atoms with Crippen molar-refractivity contribution in [3.63, 3.8) is 0 Å². The van der Waals surface area contributed by atoms with Crippen LogP contribution in [0.2, 0.25) is 0 Å². The Kier molecular flexibility index (Phi) is 5.09. The second kappa shape index (κ2) is 4.97. The first-order valence-corrected chi connectivity index (χ1v) is 5.16. The third-order valence-corrected chi connectivity index (χ3v) is 2.90. The molecule has 0 amide bonds. The average Bonchev–Trinajstić information content (AvgIpc) is 1.85. The zero-order valence-corrected chi connectivity index (χ0v) is 8.67. The van der Waals surface area contributed by atoms with E-state index in [1.165, 1.54) is 5.57 Å². The molecule has 0 N–H and O–H groups in total. The summed E-state index contributed by atoms with van der Waals surface area (Å²) in [6, 6.07) is 0. The fourth-order valence-electron chi connectivity index (χ4n) is 0.595. The minimum Gasteiger partial charge on any atom is -0.383 e. The van der Waals surface area contributed by atoms with E-state index in [0.29, 0.717) is 5.25 Å². The topological polar surface area (TPSA) is 3.24 Å². The first kappa shape index (κ1) is 10.2. The van der Waals surface area contributed by atoms with Crippen LogP contribution in [-0.4, -0.2) is 24.2 Å². The van der Waals surface area contributed by atoms with Crippen LogP contribution in [0, 0.1) is 0 Å². The van der Waals surface area contributed by atoms with Crippen molar-refractivity contribution in [3.8, 4) is 0 Å². The number of hydrogen-bond acceptors (Lipinski definition) is 3. The number of hydrogen-bond donors (Lipinski definition) is 1. The van der Waals surface area contributed by atoms with Gasteiger partial charge in [-0.2, -0.15) is 0 Å². The van der Waals surface area contributed by atoms with Crippen molar-refractivity contribution in [2.24, 2.45) is 0 Å². The minimum absolute atomic E-state index is 0.505. The van der Waals surface area contributed by atoms with E-state index < -0.39 is 0 Å². The van der Waals surface area contributed by atoms with Crippen LogP contribution >= 0.6 is 22.5 Å². The Labute approximate surface area is 72.7 Å². The lowest BCUT2D eigenvalue weighted by Gasteiger charge is -2.11. The van der Waals surface area contributed by atoms with Gasteiger partial charge in [0.1, 0.15) is 0 Å². The van der Waals surface area contributed by atoms with E-state index in [-0.39, 0.29) is 0 Å². The van der Waals surface area contributed by atoms with E-state index in [0.717, 1.165) is 0 Å². The Morgan fingerprint density at radius 1 is 1.60 bits per heavy atom. The van der Waals surface area contributed by atoms with Crippen LogP contribution < -0.4 is 0 Å². The molecule has 0 aromatic heterocycles. The molecule has 0 heterocycles. The van der Waals surface area contributed by atoms with Crippen molar-refractivity contribution in [2.45, 2.75) is 19.1 Å². The molecule has 0 saturated carbocycles. The highest BCUT2D eigenvalue weighted by atomic mass is 33.1. The average molecular weight is 177 g/mol. The van der Waals surface area contributed by atoms with Gasteiger partial charge in [-0.05, 0) is 25.6 Å². The lowest BCUT2D eigenvalue weighted by atomic mass is 10.2. The van der Waals surface area contributed by atoms with Crippen LogP contribution in [0.5, 0.6) is 0 Å². The van der Waals surface area contributed by atoms with Crippen molar-refractivity contribution in [2.75, 3.05) is 14.1 Å². The third-order valence-electron chi connectivity index (χ3n) is 1.26. The van der Waals surface area contributed by atoms with E-state index >= 15 is 0 Å². The smallest absolute Gasteiger partial charge is 0.0344 e. The molecule has 1 atom stereocenters. The second-order valence-electron chi connectivity index (χ2n) is 2.58. The van der Waals surface area contributed by atoms with Gasteiger partial charge in [0.05, 0.1) is 0 Å². The fourth-order valence-corrected chi connectivity index (χ4v) is 1.32. The lowest BCUT2D eigenvalue weighted by molar-refractivity contribution is 0.556. The molecular weight excluding hydrogens is 162 g/mol. The largest absolute Gasteiger partial charge is 0.383 e. The Morgan fingerprint density at radius 2 is 2.10 bits per heavy atom.